The predicted molar refractivity (Wildman–Crippen MR) is 80.3 cm³/mol. The van der Waals surface area contributed by atoms with E-state index in [1.54, 1.807) is 31.2 Å². The second kappa shape index (κ2) is 7.19. The van der Waals surface area contributed by atoms with E-state index in [4.69, 9.17) is 5.73 Å². The Labute approximate surface area is 129 Å². The van der Waals surface area contributed by atoms with Crippen LogP contribution in [0.25, 0.3) is 0 Å². The number of nitrogens with one attached hydrogen (secondary N) is 1. The van der Waals surface area contributed by atoms with Crippen molar-refractivity contribution in [3.05, 3.63) is 35.4 Å². The summed E-state index contributed by atoms with van der Waals surface area (Å²) in [4.78, 5) is 36.6. The van der Waals surface area contributed by atoms with Crippen LogP contribution in [0.15, 0.2) is 24.3 Å². The highest BCUT2D eigenvalue weighted by atomic mass is 35.5. The minimum Gasteiger partial charge on any atom is -0.354 e. The molecule has 1 heterocycles. The quantitative estimate of drug-likeness (QED) is 0.777. The Hall–Kier alpha value is -1.92. The Morgan fingerprint density at radius 1 is 1.24 bits per heavy atom. The average molecular weight is 312 g/mol. The van der Waals surface area contributed by atoms with Crippen molar-refractivity contribution < 1.29 is 14.4 Å². The van der Waals surface area contributed by atoms with Crippen molar-refractivity contribution in [2.75, 3.05) is 13.1 Å². The molecule has 0 saturated carbocycles. The lowest BCUT2D eigenvalue weighted by Gasteiger charge is -2.14. The number of nitrogens with two attached hydrogens (primary N) is 1. The van der Waals surface area contributed by atoms with E-state index in [1.165, 1.54) is 0 Å². The van der Waals surface area contributed by atoms with Gasteiger partial charge in [-0.2, -0.15) is 0 Å². The molecule has 0 saturated heterocycles. The maximum Gasteiger partial charge on any atom is 0.261 e. The van der Waals surface area contributed by atoms with E-state index in [1.807, 2.05) is 0 Å². The van der Waals surface area contributed by atoms with Gasteiger partial charge in [0.05, 0.1) is 11.1 Å². The van der Waals surface area contributed by atoms with Gasteiger partial charge >= 0.3 is 0 Å². The molecule has 1 aliphatic heterocycles. The van der Waals surface area contributed by atoms with E-state index in [9.17, 15) is 14.4 Å². The van der Waals surface area contributed by atoms with E-state index < -0.39 is 0 Å². The third-order valence-electron chi connectivity index (χ3n) is 3.04. The number of benzene rings is 1. The summed E-state index contributed by atoms with van der Waals surface area (Å²) in [6, 6.07) is 6.49. The van der Waals surface area contributed by atoms with Crippen molar-refractivity contribution in [2.45, 2.75) is 19.4 Å². The molecule has 0 bridgehead atoms. The Balaban J connectivity index is 0.00000220. The normalized spacial score (nSPS) is 14.5. The maximum atomic E-state index is 12.0. The minimum atomic E-state index is -0.313. The molecule has 1 aliphatic rings. The number of imide groups is 1. The van der Waals surface area contributed by atoms with E-state index in [0.29, 0.717) is 11.1 Å². The molecule has 0 aromatic heterocycles. The van der Waals surface area contributed by atoms with Gasteiger partial charge in [0.25, 0.3) is 11.8 Å². The van der Waals surface area contributed by atoms with E-state index in [0.717, 1.165) is 4.90 Å². The molecule has 0 spiro atoms. The molecule has 1 unspecified atom stereocenters. The number of hydrogen-bond donors (Lipinski definition) is 2. The number of fused-ring (bicyclic) bond motifs is 1. The summed E-state index contributed by atoms with van der Waals surface area (Å²) in [5.41, 5.74) is 6.34. The molecule has 21 heavy (non-hydrogen) atoms. The highest BCUT2D eigenvalue weighted by molar-refractivity contribution is 6.21. The van der Waals surface area contributed by atoms with E-state index in [2.05, 4.69) is 5.32 Å². The number of nitrogens with zero attached hydrogens (tertiary/aromatic N) is 1. The first-order valence-electron chi connectivity index (χ1n) is 6.48. The molecular weight excluding hydrogens is 294 g/mol. The second-order valence-corrected chi connectivity index (χ2v) is 4.84. The fourth-order valence-corrected chi connectivity index (χ4v) is 2.11. The third-order valence-corrected chi connectivity index (χ3v) is 3.04. The number of carbonyl (C=O) groups excluding carboxylic acids is 3. The van der Waals surface area contributed by atoms with Crippen molar-refractivity contribution in [1.82, 2.24) is 10.2 Å². The number of hydrogen-bond acceptors (Lipinski definition) is 4. The summed E-state index contributed by atoms with van der Waals surface area (Å²) in [5, 5.41) is 2.64. The Kier molecular flexibility index (Phi) is 5.87. The van der Waals surface area contributed by atoms with Gasteiger partial charge in [-0.1, -0.05) is 12.1 Å². The van der Waals surface area contributed by atoms with Crippen LogP contribution in [-0.4, -0.2) is 41.8 Å². The summed E-state index contributed by atoms with van der Waals surface area (Å²) in [6.45, 7) is 2.14. The molecular formula is C14H18ClN3O3. The van der Waals surface area contributed by atoms with Gasteiger partial charge in [0, 0.05) is 25.6 Å². The molecule has 0 radical (unpaired) electrons. The summed E-state index contributed by atoms with van der Waals surface area (Å²) >= 11 is 0. The van der Waals surface area contributed by atoms with Gasteiger partial charge in [-0.3, -0.25) is 19.3 Å². The zero-order valence-corrected chi connectivity index (χ0v) is 12.5. The smallest absolute Gasteiger partial charge is 0.261 e. The average Bonchev–Trinajstić information content (AvgIpc) is 2.63. The molecule has 3 amide bonds. The van der Waals surface area contributed by atoms with E-state index >= 15 is 0 Å². The molecule has 3 N–H and O–H groups in total. The topological polar surface area (TPSA) is 92.5 Å². The first-order valence-corrected chi connectivity index (χ1v) is 6.48. The fraction of sp³-hybridized carbons (Fsp3) is 0.357. The standard InChI is InChI=1S/C14H17N3O3.ClH/c1-9(15)8-12(18)16-6-7-17-13(19)10-4-2-3-5-11(10)14(17)20;/h2-5,9H,6-8,15H2,1H3,(H,16,18);1H. The SMILES string of the molecule is CC(N)CC(=O)NCCN1C(=O)c2ccccc2C1=O.Cl. The van der Waals surface area contributed by atoms with Gasteiger partial charge in [-0.05, 0) is 19.1 Å². The van der Waals surface area contributed by atoms with Crippen LogP contribution in [0.1, 0.15) is 34.1 Å². The van der Waals surface area contributed by atoms with Crippen molar-refractivity contribution in [3.8, 4) is 0 Å². The van der Waals surface area contributed by atoms with Crippen molar-refractivity contribution in [3.63, 3.8) is 0 Å². The largest absolute Gasteiger partial charge is 0.354 e. The van der Waals surface area contributed by atoms with Gasteiger partial charge in [-0.15, -0.1) is 12.4 Å². The Bertz CT molecular complexity index is 525. The molecule has 2 rings (SSSR count). The summed E-state index contributed by atoms with van der Waals surface area (Å²) in [7, 11) is 0. The summed E-state index contributed by atoms with van der Waals surface area (Å²) in [5.74, 6) is -0.810. The van der Waals surface area contributed by atoms with Gasteiger partial charge in [0.1, 0.15) is 0 Å². The lowest BCUT2D eigenvalue weighted by Crippen LogP contribution is -2.39. The zero-order chi connectivity index (χ0) is 14.7. The van der Waals surface area contributed by atoms with Crippen molar-refractivity contribution >= 4 is 30.1 Å². The monoisotopic (exact) mass is 311 g/mol. The molecule has 1 aromatic carbocycles. The van der Waals surface area contributed by atoms with Gasteiger partial charge in [0.15, 0.2) is 0 Å². The molecule has 0 aliphatic carbocycles. The maximum absolute atomic E-state index is 12.0. The Morgan fingerprint density at radius 3 is 2.24 bits per heavy atom. The fourth-order valence-electron chi connectivity index (χ4n) is 2.11. The summed E-state index contributed by atoms with van der Waals surface area (Å²) < 4.78 is 0. The first kappa shape index (κ1) is 17.1. The highest BCUT2D eigenvalue weighted by Gasteiger charge is 2.34. The summed E-state index contributed by atoms with van der Waals surface area (Å²) in [6.07, 6.45) is 0.224. The number of rotatable bonds is 5. The van der Waals surface area contributed by atoms with Crippen LogP contribution >= 0.6 is 12.4 Å². The number of amides is 3. The molecule has 114 valence electrons. The number of halogens is 1. The van der Waals surface area contributed by atoms with Gasteiger partial charge < -0.3 is 11.1 Å². The molecule has 1 atom stereocenters. The van der Waals surface area contributed by atoms with Crippen LogP contribution in [0, 0.1) is 0 Å². The third kappa shape index (κ3) is 3.80. The Morgan fingerprint density at radius 2 is 1.76 bits per heavy atom. The second-order valence-electron chi connectivity index (χ2n) is 4.84. The van der Waals surface area contributed by atoms with Crippen LogP contribution in [0.4, 0.5) is 0 Å². The first-order chi connectivity index (χ1) is 9.50. The zero-order valence-electron chi connectivity index (χ0n) is 11.7. The molecule has 1 aromatic rings. The van der Waals surface area contributed by atoms with Crippen molar-refractivity contribution in [1.29, 1.82) is 0 Å². The minimum absolute atomic E-state index is 0. The van der Waals surface area contributed by atoms with Crippen LogP contribution in [0.2, 0.25) is 0 Å². The molecule has 6 nitrogen and oxygen atoms in total. The molecule has 0 fully saturated rings. The van der Waals surface area contributed by atoms with Crippen LogP contribution in [-0.2, 0) is 4.79 Å². The lowest BCUT2D eigenvalue weighted by atomic mass is 10.1. The van der Waals surface area contributed by atoms with Crippen LogP contribution in [0.5, 0.6) is 0 Å². The van der Waals surface area contributed by atoms with Gasteiger partial charge in [0.2, 0.25) is 5.91 Å². The highest BCUT2D eigenvalue weighted by Crippen LogP contribution is 2.21. The predicted octanol–water partition coefficient (Wildman–Crippen LogP) is 0.558. The molecule has 7 heteroatoms. The lowest BCUT2D eigenvalue weighted by molar-refractivity contribution is -0.121. The van der Waals surface area contributed by atoms with E-state index in [-0.39, 0.29) is 55.7 Å². The van der Waals surface area contributed by atoms with Crippen LogP contribution in [0.3, 0.4) is 0 Å². The number of carbonyl (C=O) groups is 3. The van der Waals surface area contributed by atoms with Crippen LogP contribution < -0.4 is 11.1 Å². The van der Waals surface area contributed by atoms with Crippen molar-refractivity contribution in [2.24, 2.45) is 5.73 Å². The van der Waals surface area contributed by atoms with Gasteiger partial charge in [-0.25, -0.2) is 0 Å².